The van der Waals surface area contributed by atoms with Gasteiger partial charge in [0.25, 0.3) is 0 Å². The van der Waals surface area contributed by atoms with Crippen molar-refractivity contribution in [1.82, 2.24) is 4.72 Å². The quantitative estimate of drug-likeness (QED) is 0.874. The molecule has 0 unspecified atom stereocenters. The fourth-order valence-electron chi connectivity index (χ4n) is 2.70. The Morgan fingerprint density at radius 2 is 2.00 bits per heavy atom. The van der Waals surface area contributed by atoms with Crippen molar-refractivity contribution in [3.05, 3.63) is 29.6 Å². The first-order valence-corrected chi connectivity index (χ1v) is 8.35. The molecule has 116 valence electrons. The summed E-state index contributed by atoms with van der Waals surface area (Å²) in [6.45, 7) is 1.76. The Morgan fingerprint density at radius 1 is 1.38 bits per heavy atom. The number of carboxylic acid groups (broad SMARTS) is 1. The fraction of sp³-hybridized carbons (Fsp3) is 0.500. The van der Waals surface area contributed by atoms with E-state index in [-0.39, 0.29) is 17.5 Å². The van der Waals surface area contributed by atoms with Gasteiger partial charge in [-0.2, -0.15) is 0 Å². The van der Waals surface area contributed by atoms with Gasteiger partial charge in [-0.15, -0.1) is 0 Å². The predicted molar refractivity (Wildman–Crippen MR) is 75.1 cm³/mol. The summed E-state index contributed by atoms with van der Waals surface area (Å²) < 4.78 is 40.7. The van der Waals surface area contributed by atoms with Crippen LogP contribution in [-0.4, -0.2) is 25.5 Å². The van der Waals surface area contributed by atoms with Gasteiger partial charge in [0.15, 0.2) is 0 Å². The largest absolute Gasteiger partial charge is 0.478 e. The van der Waals surface area contributed by atoms with Crippen LogP contribution in [0.25, 0.3) is 0 Å². The smallest absolute Gasteiger partial charge is 0.335 e. The summed E-state index contributed by atoms with van der Waals surface area (Å²) >= 11 is 0. The van der Waals surface area contributed by atoms with Crippen molar-refractivity contribution in [2.75, 3.05) is 0 Å². The summed E-state index contributed by atoms with van der Waals surface area (Å²) in [5, 5.41) is 8.88. The zero-order chi connectivity index (χ0) is 15.6. The van der Waals surface area contributed by atoms with E-state index in [0.717, 1.165) is 43.9 Å². The van der Waals surface area contributed by atoms with Crippen LogP contribution in [0.2, 0.25) is 0 Å². The second-order valence-electron chi connectivity index (χ2n) is 5.40. The third kappa shape index (κ3) is 3.59. The highest BCUT2D eigenvalue weighted by Crippen LogP contribution is 2.28. The molecule has 0 heterocycles. The number of carboxylic acids is 1. The Hall–Kier alpha value is -1.47. The van der Waals surface area contributed by atoms with Gasteiger partial charge in [0.05, 0.1) is 5.56 Å². The normalized spacial score (nSPS) is 17.8. The Kier molecular flexibility index (Phi) is 4.63. The standard InChI is InChI=1S/C14H18FNO4S/c1-9(10-4-2-3-5-10)16-21(19,20)13-8-11(14(17)18)6-7-12(13)15/h6-10,16H,2-5H2,1H3,(H,17,18)/t9-/m1/s1. The lowest BCUT2D eigenvalue weighted by molar-refractivity contribution is 0.0696. The molecule has 0 radical (unpaired) electrons. The van der Waals surface area contributed by atoms with Crippen LogP contribution in [0, 0.1) is 11.7 Å². The molecule has 1 aromatic rings. The van der Waals surface area contributed by atoms with Gasteiger partial charge in [-0.1, -0.05) is 12.8 Å². The second-order valence-corrected chi connectivity index (χ2v) is 7.09. The maximum absolute atomic E-state index is 13.7. The lowest BCUT2D eigenvalue weighted by Gasteiger charge is -2.20. The third-order valence-electron chi connectivity index (χ3n) is 3.92. The summed E-state index contributed by atoms with van der Waals surface area (Å²) in [4.78, 5) is 10.3. The summed E-state index contributed by atoms with van der Waals surface area (Å²) in [5.41, 5.74) is -0.259. The van der Waals surface area contributed by atoms with E-state index in [1.807, 2.05) is 0 Å². The summed E-state index contributed by atoms with van der Waals surface area (Å²) in [6, 6.07) is 2.45. The van der Waals surface area contributed by atoms with Crippen molar-refractivity contribution in [1.29, 1.82) is 0 Å². The summed E-state index contributed by atoms with van der Waals surface area (Å²) in [5.74, 6) is -2.01. The Bertz CT molecular complexity index is 638. The fourth-order valence-corrected chi connectivity index (χ4v) is 4.12. The van der Waals surface area contributed by atoms with Crippen molar-refractivity contribution in [2.45, 2.75) is 43.5 Å². The minimum atomic E-state index is -4.07. The zero-order valence-corrected chi connectivity index (χ0v) is 12.5. The molecule has 0 bridgehead atoms. The molecular formula is C14H18FNO4S. The van der Waals surface area contributed by atoms with E-state index in [4.69, 9.17) is 5.11 Å². The zero-order valence-electron chi connectivity index (χ0n) is 11.7. The van der Waals surface area contributed by atoms with E-state index in [0.29, 0.717) is 0 Å². The van der Waals surface area contributed by atoms with E-state index in [1.54, 1.807) is 6.92 Å². The molecule has 2 N–H and O–H groups in total. The summed E-state index contributed by atoms with van der Waals surface area (Å²) in [6.07, 6.45) is 4.03. The van der Waals surface area contributed by atoms with Gasteiger partial charge < -0.3 is 5.11 Å². The van der Waals surface area contributed by atoms with Gasteiger partial charge >= 0.3 is 5.97 Å². The number of hydrogen-bond donors (Lipinski definition) is 2. The van der Waals surface area contributed by atoms with Gasteiger partial charge in [-0.05, 0) is 43.9 Å². The molecule has 21 heavy (non-hydrogen) atoms. The van der Waals surface area contributed by atoms with Crippen LogP contribution in [0.3, 0.4) is 0 Å². The number of hydrogen-bond acceptors (Lipinski definition) is 3. The molecule has 5 nitrogen and oxygen atoms in total. The van der Waals surface area contributed by atoms with Gasteiger partial charge in [-0.3, -0.25) is 0 Å². The van der Waals surface area contributed by atoms with E-state index in [2.05, 4.69) is 4.72 Å². The lowest BCUT2D eigenvalue weighted by atomic mass is 10.0. The minimum Gasteiger partial charge on any atom is -0.478 e. The van der Waals surface area contributed by atoms with Crippen LogP contribution in [0.15, 0.2) is 23.1 Å². The van der Waals surface area contributed by atoms with Crippen LogP contribution in [0.4, 0.5) is 4.39 Å². The Labute approximate surface area is 123 Å². The van der Waals surface area contributed by atoms with Crippen molar-refractivity contribution in [3.8, 4) is 0 Å². The highest BCUT2D eigenvalue weighted by Gasteiger charge is 2.28. The van der Waals surface area contributed by atoms with Crippen LogP contribution >= 0.6 is 0 Å². The predicted octanol–water partition coefficient (Wildman–Crippen LogP) is 2.38. The molecular weight excluding hydrogens is 297 g/mol. The molecule has 2 rings (SSSR count). The van der Waals surface area contributed by atoms with E-state index >= 15 is 0 Å². The number of benzene rings is 1. The maximum Gasteiger partial charge on any atom is 0.335 e. The van der Waals surface area contributed by atoms with Crippen molar-refractivity contribution in [2.24, 2.45) is 5.92 Å². The molecule has 1 atom stereocenters. The van der Waals surface area contributed by atoms with E-state index < -0.39 is 26.7 Å². The molecule has 1 aliphatic carbocycles. The molecule has 0 spiro atoms. The molecule has 7 heteroatoms. The monoisotopic (exact) mass is 315 g/mol. The minimum absolute atomic E-state index is 0.241. The highest BCUT2D eigenvalue weighted by atomic mass is 32.2. The van der Waals surface area contributed by atoms with Gasteiger partial charge in [0.1, 0.15) is 10.7 Å². The molecule has 1 saturated carbocycles. The van der Waals surface area contributed by atoms with E-state index in [9.17, 15) is 17.6 Å². The molecule has 0 saturated heterocycles. The molecule has 0 aliphatic heterocycles. The Balaban J connectivity index is 2.26. The first-order valence-electron chi connectivity index (χ1n) is 6.86. The number of halogens is 1. The van der Waals surface area contributed by atoms with Crippen molar-refractivity contribution < 1.29 is 22.7 Å². The van der Waals surface area contributed by atoms with Gasteiger partial charge in [-0.25, -0.2) is 22.3 Å². The first-order chi connectivity index (χ1) is 9.81. The third-order valence-corrected chi connectivity index (χ3v) is 5.49. The van der Waals surface area contributed by atoms with Crippen LogP contribution in [0.1, 0.15) is 43.0 Å². The van der Waals surface area contributed by atoms with Crippen LogP contribution in [-0.2, 0) is 10.0 Å². The number of nitrogens with one attached hydrogen (secondary N) is 1. The van der Waals surface area contributed by atoms with Crippen molar-refractivity contribution in [3.63, 3.8) is 0 Å². The number of carbonyl (C=O) groups is 1. The van der Waals surface area contributed by atoms with Crippen molar-refractivity contribution >= 4 is 16.0 Å². The first kappa shape index (κ1) is 15.9. The Morgan fingerprint density at radius 3 is 2.57 bits per heavy atom. The van der Waals surface area contributed by atoms with E-state index in [1.165, 1.54) is 0 Å². The van der Waals surface area contributed by atoms with Gasteiger partial charge in [0, 0.05) is 6.04 Å². The SMILES string of the molecule is C[C@@H](NS(=O)(=O)c1cc(C(=O)O)ccc1F)C1CCCC1. The molecule has 1 aliphatic rings. The number of aromatic carboxylic acids is 1. The average molecular weight is 315 g/mol. The topological polar surface area (TPSA) is 83.5 Å². The molecule has 1 aromatic carbocycles. The maximum atomic E-state index is 13.7. The number of rotatable bonds is 5. The molecule has 0 aromatic heterocycles. The van der Waals surface area contributed by atoms with Crippen LogP contribution in [0.5, 0.6) is 0 Å². The van der Waals surface area contributed by atoms with Crippen LogP contribution < -0.4 is 4.72 Å². The molecule has 0 amide bonds. The summed E-state index contributed by atoms with van der Waals surface area (Å²) in [7, 11) is -4.07. The molecule has 1 fully saturated rings. The van der Waals surface area contributed by atoms with Gasteiger partial charge in [0.2, 0.25) is 10.0 Å². The highest BCUT2D eigenvalue weighted by molar-refractivity contribution is 7.89. The second kappa shape index (κ2) is 6.11. The average Bonchev–Trinajstić information content (AvgIpc) is 2.92. The number of sulfonamides is 1. The lowest BCUT2D eigenvalue weighted by Crippen LogP contribution is -2.37.